The number of rotatable bonds is 4. The molecule has 1 atom stereocenters. The first-order valence-corrected chi connectivity index (χ1v) is 9.85. The van der Waals surface area contributed by atoms with E-state index in [1.54, 1.807) is 0 Å². The van der Waals surface area contributed by atoms with E-state index in [1.165, 1.54) is 18.4 Å². The number of carbonyl (C=O) groups excluding carboxylic acids is 1. The highest BCUT2D eigenvalue weighted by Crippen LogP contribution is 2.35. The molecule has 1 N–H and O–H groups in total. The molecule has 0 bridgehead atoms. The molecule has 1 aliphatic heterocycles. The molecule has 0 aliphatic carbocycles. The van der Waals surface area contributed by atoms with Gasteiger partial charge in [0.15, 0.2) is 5.82 Å². The van der Waals surface area contributed by atoms with Gasteiger partial charge >= 0.3 is 5.97 Å². The topological polar surface area (TPSA) is 94.8 Å². The number of aromatic nitrogens is 5. The molecular formula is C18H22N6O2S. The van der Waals surface area contributed by atoms with Gasteiger partial charge in [0.05, 0.1) is 18.5 Å². The fourth-order valence-corrected chi connectivity index (χ4v) is 4.70. The first kappa shape index (κ1) is 17.8. The van der Waals surface area contributed by atoms with Crippen LogP contribution in [0.4, 0.5) is 5.82 Å². The fraction of sp³-hybridized carbons (Fsp3) is 0.500. The Morgan fingerprint density at radius 3 is 2.85 bits per heavy atom. The van der Waals surface area contributed by atoms with Crippen LogP contribution in [0.15, 0.2) is 0 Å². The highest BCUT2D eigenvalue weighted by molar-refractivity contribution is 7.20. The molecule has 0 amide bonds. The standard InChI is InChI=1S/C18H22N6O2S/c1-9-13-15(20-11(3)21-17(13)27-14(9)18(25)26-4)19-10(2)16-23-22-12-7-5-6-8-24(12)16/h10H,5-8H2,1-4H3,(H,19,20,21). The van der Waals surface area contributed by atoms with Crippen molar-refractivity contribution in [2.75, 3.05) is 12.4 Å². The summed E-state index contributed by atoms with van der Waals surface area (Å²) in [6.45, 7) is 6.75. The lowest BCUT2D eigenvalue weighted by Gasteiger charge is -2.19. The lowest BCUT2D eigenvalue weighted by molar-refractivity contribution is 0.0605. The first-order valence-electron chi connectivity index (χ1n) is 9.04. The molecule has 0 fully saturated rings. The Balaban J connectivity index is 1.74. The minimum absolute atomic E-state index is 0.0669. The summed E-state index contributed by atoms with van der Waals surface area (Å²) in [6.07, 6.45) is 3.28. The van der Waals surface area contributed by atoms with Crippen molar-refractivity contribution in [3.05, 3.63) is 27.9 Å². The fourth-order valence-electron chi connectivity index (χ4n) is 3.56. The third-order valence-corrected chi connectivity index (χ3v) is 6.07. The molecule has 8 nitrogen and oxygen atoms in total. The van der Waals surface area contributed by atoms with E-state index in [1.807, 2.05) is 13.8 Å². The van der Waals surface area contributed by atoms with Gasteiger partial charge in [0.1, 0.15) is 27.2 Å². The van der Waals surface area contributed by atoms with Crippen molar-refractivity contribution in [2.24, 2.45) is 0 Å². The highest BCUT2D eigenvalue weighted by Gasteiger charge is 2.24. The zero-order valence-corrected chi connectivity index (χ0v) is 16.7. The summed E-state index contributed by atoms with van der Waals surface area (Å²) in [4.78, 5) is 22.5. The van der Waals surface area contributed by atoms with Crippen molar-refractivity contribution >= 4 is 33.3 Å². The van der Waals surface area contributed by atoms with Crippen molar-refractivity contribution < 1.29 is 9.53 Å². The molecule has 3 aromatic rings. The number of esters is 1. The van der Waals surface area contributed by atoms with Crippen LogP contribution in [0, 0.1) is 13.8 Å². The van der Waals surface area contributed by atoms with Gasteiger partial charge in [0, 0.05) is 13.0 Å². The Labute approximate surface area is 161 Å². The number of hydrogen-bond acceptors (Lipinski definition) is 8. The number of thiophene rings is 1. The summed E-state index contributed by atoms with van der Waals surface area (Å²) in [5, 5.41) is 13.1. The van der Waals surface area contributed by atoms with E-state index in [0.717, 1.165) is 53.2 Å². The van der Waals surface area contributed by atoms with Gasteiger partial charge in [-0.2, -0.15) is 0 Å². The van der Waals surface area contributed by atoms with E-state index in [2.05, 4.69) is 37.0 Å². The van der Waals surface area contributed by atoms with Crippen molar-refractivity contribution in [3.63, 3.8) is 0 Å². The second kappa shape index (κ2) is 6.88. The van der Waals surface area contributed by atoms with Crippen LogP contribution in [0.5, 0.6) is 0 Å². The van der Waals surface area contributed by atoms with Crippen molar-refractivity contribution in [3.8, 4) is 0 Å². The first-order chi connectivity index (χ1) is 13.0. The minimum Gasteiger partial charge on any atom is -0.465 e. The summed E-state index contributed by atoms with van der Waals surface area (Å²) in [5.41, 5.74) is 0.833. The van der Waals surface area contributed by atoms with Gasteiger partial charge in [-0.05, 0) is 39.2 Å². The van der Waals surface area contributed by atoms with Crippen molar-refractivity contribution in [2.45, 2.75) is 52.6 Å². The summed E-state index contributed by atoms with van der Waals surface area (Å²) >= 11 is 1.33. The van der Waals surface area contributed by atoms with Gasteiger partial charge in [0.25, 0.3) is 0 Å². The van der Waals surface area contributed by atoms with E-state index in [4.69, 9.17) is 4.74 Å². The number of ether oxygens (including phenoxy) is 1. The number of methoxy groups -OCH3 is 1. The molecule has 0 spiro atoms. The molecule has 1 aliphatic rings. The number of nitrogens with one attached hydrogen (secondary N) is 1. The molecule has 4 heterocycles. The van der Waals surface area contributed by atoms with Crippen LogP contribution in [0.3, 0.4) is 0 Å². The largest absolute Gasteiger partial charge is 0.465 e. The maximum Gasteiger partial charge on any atom is 0.348 e. The van der Waals surface area contributed by atoms with Gasteiger partial charge in [-0.3, -0.25) is 0 Å². The smallest absolute Gasteiger partial charge is 0.348 e. The predicted octanol–water partition coefficient (Wildman–Crippen LogP) is 3.20. The number of aryl methyl sites for hydroxylation is 3. The van der Waals surface area contributed by atoms with E-state index < -0.39 is 0 Å². The van der Waals surface area contributed by atoms with E-state index in [9.17, 15) is 4.79 Å². The molecule has 0 radical (unpaired) electrons. The van der Waals surface area contributed by atoms with Crippen LogP contribution in [0.2, 0.25) is 0 Å². The van der Waals surface area contributed by atoms with Crippen LogP contribution in [0.1, 0.15) is 58.5 Å². The maximum atomic E-state index is 12.1. The van der Waals surface area contributed by atoms with Crippen LogP contribution >= 0.6 is 11.3 Å². The summed E-state index contributed by atoms with van der Waals surface area (Å²) in [5.74, 6) is 2.97. The van der Waals surface area contributed by atoms with Gasteiger partial charge in [-0.1, -0.05) is 0 Å². The molecule has 0 saturated carbocycles. The van der Waals surface area contributed by atoms with E-state index >= 15 is 0 Å². The number of anilines is 1. The monoisotopic (exact) mass is 386 g/mol. The third-order valence-electron chi connectivity index (χ3n) is 4.90. The molecule has 142 valence electrons. The average Bonchev–Trinajstić information content (AvgIpc) is 3.22. The molecule has 3 aromatic heterocycles. The molecule has 0 aromatic carbocycles. The Bertz CT molecular complexity index is 1020. The third kappa shape index (κ3) is 3.05. The summed E-state index contributed by atoms with van der Waals surface area (Å²) < 4.78 is 7.10. The SMILES string of the molecule is COC(=O)c1sc2nc(C)nc(NC(C)c3nnc4n3CCCC4)c2c1C. The lowest BCUT2D eigenvalue weighted by Crippen LogP contribution is -2.18. The van der Waals surface area contributed by atoms with Crippen LogP contribution in [-0.4, -0.2) is 37.8 Å². The predicted molar refractivity (Wildman–Crippen MR) is 103 cm³/mol. The number of fused-ring (bicyclic) bond motifs is 2. The molecular weight excluding hydrogens is 364 g/mol. The Kier molecular flexibility index (Phi) is 4.55. The van der Waals surface area contributed by atoms with Crippen LogP contribution in [-0.2, 0) is 17.7 Å². The summed E-state index contributed by atoms with van der Waals surface area (Å²) in [6, 6.07) is -0.0669. The Morgan fingerprint density at radius 2 is 2.07 bits per heavy atom. The Morgan fingerprint density at radius 1 is 1.26 bits per heavy atom. The van der Waals surface area contributed by atoms with Gasteiger partial charge < -0.3 is 14.6 Å². The zero-order valence-electron chi connectivity index (χ0n) is 15.9. The number of carbonyl (C=O) groups is 1. The minimum atomic E-state index is -0.348. The van der Waals surface area contributed by atoms with Crippen LogP contribution < -0.4 is 5.32 Å². The molecule has 27 heavy (non-hydrogen) atoms. The Hall–Kier alpha value is -2.55. The number of hydrogen-bond donors (Lipinski definition) is 1. The van der Waals surface area contributed by atoms with Crippen LogP contribution in [0.25, 0.3) is 10.2 Å². The normalized spacial score (nSPS) is 14.8. The number of nitrogens with zero attached hydrogens (tertiary/aromatic N) is 5. The molecule has 9 heteroatoms. The molecule has 1 unspecified atom stereocenters. The molecule has 0 saturated heterocycles. The van der Waals surface area contributed by atoms with Gasteiger partial charge in [-0.15, -0.1) is 21.5 Å². The lowest BCUT2D eigenvalue weighted by atomic mass is 10.1. The van der Waals surface area contributed by atoms with Gasteiger partial charge in [0.2, 0.25) is 0 Å². The zero-order chi connectivity index (χ0) is 19.1. The van der Waals surface area contributed by atoms with Gasteiger partial charge in [-0.25, -0.2) is 14.8 Å². The summed E-state index contributed by atoms with van der Waals surface area (Å²) in [7, 11) is 1.39. The van der Waals surface area contributed by atoms with E-state index in [-0.39, 0.29) is 12.0 Å². The maximum absolute atomic E-state index is 12.1. The quantitative estimate of drug-likeness (QED) is 0.688. The van der Waals surface area contributed by atoms with Crippen molar-refractivity contribution in [1.82, 2.24) is 24.7 Å². The van der Waals surface area contributed by atoms with E-state index in [0.29, 0.717) is 16.5 Å². The second-order valence-electron chi connectivity index (χ2n) is 6.80. The second-order valence-corrected chi connectivity index (χ2v) is 7.80. The average molecular weight is 386 g/mol. The highest BCUT2D eigenvalue weighted by atomic mass is 32.1. The molecule has 4 rings (SSSR count). The van der Waals surface area contributed by atoms with Crippen molar-refractivity contribution in [1.29, 1.82) is 0 Å².